The van der Waals surface area contributed by atoms with Crippen LogP contribution in [0.25, 0.3) is 0 Å². The zero-order valence-corrected chi connectivity index (χ0v) is 14.5. The molecule has 0 fully saturated rings. The summed E-state index contributed by atoms with van der Waals surface area (Å²) in [6, 6.07) is 6.50. The number of unbranched alkanes of at least 4 members (excludes halogenated alkanes) is 4. The molecule has 0 aliphatic carbocycles. The zero-order valence-electron chi connectivity index (χ0n) is 13.7. The summed E-state index contributed by atoms with van der Waals surface area (Å²) in [5, 5.41) is 5.75. The third-order valence-electron chi connectivity index (χ3n) is 4.15. The topological polar surface area (TPSA) is 49.7 Å². The van der Waals surface area contributed by atoms with Gasteiger partial charge in [0.2, 0.25) is 0 Å². The van der Waals surface area contributed by atoms with Crippen LogP contribution in [0.1, 0.15) is 62.7 Å². The quantitative estimate of drug-likeness (QED) is 0.537. The number of nitrogens with zero attached hydrogens (tertiary/aromatic N) is 2. The first kappa shape index (κ1) is 17.7. The molecule has 1 heterocycles. The van der Waals surface area contributed by atoms with Gasteiger partial charge in [-0.3, -0.25) is 9.59 Å². The van der Waals surface area contributed by atoms with Gasteiger partial charge >= 0.3 is 0 Å². The van der Waals surface area contributed by atoms with Gasteiger partial charge in [-0.05, 0) is 37.6 Å². The van der Waals surface area contributed by atoms with Crippen molar-refractivity contribution in [3.05, 3.63) is 34.9 Å². The fourth-order valence-electron chi connectivity index (χ4n) is 2.75. The molecule has 1 aliphatic rings. The number of amides is 2. The van der Waals surface area contributed by atoms with E-state index in [0.29, 0.717) is 10.6 Å². The van der Waals surface area contributed by atoms with Gasteiger partial charge in [-0.25, -0.2) is 0 Å². The van der Waals surface area contributed by atoms with Crippen LogP contribution in [0.5, 0.6) is 0 Å². The van der Waals surface area contributed by atoms with Crippen LogP contribution in [-0.4, -0.2) is 22.5 Å². The molecule has 4 nitrogen and oxygen atoms in total. The molecule has 0 N–H and O–H groups in total. The Balaban J connectivity index is 1.96. The van der Waals surface area contributed by atoms with Crippen LogP contribution in [0.4, 0.5) is 0 Å². The van der Waals surface area contributed by atoms with Crippen molar-refractivity contribution < 1.29 is 9.59 Å². The Hall–Kier alpha value is -1.68. The fraction of sp³-hybridized carbons (Fsp3) is 0.500. The van der Waals surface area contributed by atoms with Crippen molar-refractivity contribution in [1.29, 1.82) is 0 Å². The number of hydrogen-bond acceptors (Lipinski definition) is 3. The van der Waals surface area contributed by atoms with Crippen molar-refractivity contribution in [2.24, 2.45) is 11.0 Å². The number of rotatable bonds is 7. The van der Waals surface area contributed by atoms with E-state index in [9.17, 15) is 9.59 Å². The molecule has 23 heavy (non-hydrogen) atoms. The SMILES string of the molecule is CCCCCCCC1C(=O)N(C(=O)c2ccc(Cl)cc2)N=C1C. The Kier molecular flexibility index (Phi) is 6.34. The lowest BCUT2D eigenvalue weighted by molar-refractivity contribution is -0.129. The van der Waals surface area contributed by atoms with Gasteiger partial charge in [0.05, 0.1) is 5.92 Å². The number of halogens is 1. The smallest absolute Gasteiger partial charge is 0.272 e. The van der Waals surface area contributed by atoms with Crippen LogP contribution < -0.4 is 0 Å². The highest BCUT2D eigenvalue weighted by Gasteiger charge is 2.36. The van der Waals surface area contributed by atoms with Crippen molar-refractivity contribution in [2.75, 3.05) is 0 Å². The summed E-state index contributed by atoms with van der Waals surface area (Å²) in [7, 11) is 0. The summed E-state index contributed by atoms with van der Waals surface area (Å²) < 4.78 is 0. The van der Waals surface area contributed by atoms with Gasteiger partial charge in [0, 0.05) is 16.3 Å². The first-order valence-corrected chi connectivity index (χ1v) is 8.61. The Morgan fingerprint density at radius 2 is 1.83 bits per heavy atom. The largest absolute Gasteiger partial charge is 0.281 e. The average Bonchev–Trinajstić information content (AvgIpc) is 2.82. The molecule has 0 aromatic heterocycles. The van der Waals surface area contributed by atoms with E-state index in [0.717, 1.165) is 30.0 Å². The molecular formula is C18H23ClN2O2. The third-order valence-corrected chi connectivity index (χ3v) is 4.40. The summed E-state index contributed by atoms with van der Waals surface area (Å²) in [6.07, 6.45) is 6.50. The molecule has 0 saturated heterocycles. The van der Waals surface area contributed by atoms with Gasteiger partial charge in [0.1, 0.15) is 0 Å². The molecule has 0 spiro atoms. The van der Waals surface area contributed by atoms with Gasteiger partial charge in [0.25, 0.3) is 11.8 Å². The maximum Gasteiger partial charge on any atom is 0.281 e. The lowest BCUT2D eigenvalue weighted by Crippen LogP contribution is -2.32. The molecule has 2 rings (SSSR count). The summed E-state index contributed by atoms with van der Waals surface area (Å²) in [5.74, 6) is -0.856. The minimum atomic E-state index is -0.389. The van der Waals surface area contributed by atoms with Crippen molar-refractivity contribution in [1.82, 2.24) is 5.01 Å². The summed E-state index contributed by atoms with van der Waals surface area (Å²) in [4.78, 5) is 24.9. The van der Waals surface area contributed by atoms with Crippen LogP contribution in [0.15, 0.2) is 29.4 Å². The Bertz CT molecular complexity index is 596. The molecular weight excluding hydrogens is 312 g/mol. The molecule has 1 aliphatic heterocycles. The second-order valence-electron chi connectivity index (χ2n) is 5.96. The van der Waals surface area contributed by atoms with Crippen LogP contribution in [-0.2, 0) is 4.79 Å². The fourth-order valence-corrected chi connectivity index (χ4v) is 2.87. The molecule has 2 amide bonds. The molecule has 1 aromatic carbocycles. The van der Waals surface area contributed by atoms with Gasteiger partial charge in [-0.2, -0.15) is 10.1 Å². The standard InChI is InChI=1S/C18H23ClN2O2/c1-3-4-5-6-7-8-16-13(2)20-21(18(16)23)17(22)14-9-11-15(19)12-10-14/h9-12,16H,3-8H2,1-2H3. The highest BCUT2D eigenvalue weighted by atomic mass is 35.5. The van der Waals surface area contributed by atoms with Crippen LogP contribution >= 0.6 is 11.6 Å². The first-order chi connectivity index (χ1) is 11.0. The predicted molar refractivity (Wildman–Crippen MR) is 92.6 cm³/mol. The van der Waals surface area contributed by atoms with E-state index in [1.807, 2.05) is 6.92 Å². The molecule has 1 aromatic rings. The van der Waals surface area contributed by atoms with Gasteiger partial charge in [-0.15, -0.1) is 0 Å². The normalized spacial score (nSPS) is 17.5. The van der Waals surface area contributed by atoms with E-state index in [1.165, 1.54) is 19.3 Å². The number of benzene rings is 1. The summed E-state index contributed by atoms with van der Waals surface area (Å²) in [5.41, 5.74) is 1.15. The maximum absolute atomic E-state index is 12.5. The lowest BCUT2D eigenvalue weighted by Gasteiger charge is -2.13. The van der Waals surface area contributed by atoms with Crippen molar-refractivity contribution in [3.8, 4) is 0 Å². The number of hydrazone groups is 1. The van der Waals surface area contributed by atoms with E-state index in [2.05, 4.69) is 12.0 Å². The predicted octanol–water partition coefficient (Wildman–Crippen LogP) is 4.68. The molecule has 0 saturated carbocycles. The number of carbonyl (C=O) groups is 2. The summed E-state index contributed by atoms with van der Waals surface area (Å²) >= 11 is 5.82. The van der Waals surface area contributed by atoms with E-state index in [4.69, 9.17) is 11.6 Å². The second-order valence-corrected chi connectivity index (χ2v) is 6.40. The molecule has 0 radical (unpaired) electrons. The third kappa shape index (κ3) is 4.41. The number of hydrogen-bond donors (Lipinski definition) is 0. The van der Waals surface area contributed by atoms with Crippen LogP contribution in [0, 0.1) is 5.92 Å². The van der Waals surface area contributed by atoms with Crippen molar-refractivity contribution in [2.45, 2.75) is 52.4 Å². The highest BCUT2D eigenvalue weighted by Crippen LogP contribution is 2.24. The maximum atomic E-state index is 12.5. The van der Waals surface area contributed by atoms with Gasteiger partial charge in [-0.1, -0.05) is 50.6 Å². The van der Waals surface area contributed by atoms with Crippen molar-refractivity contribution in [3.63, 3.8) is 0 Å². The lowest BCUT2D eigenvalue weighted by atomic mass is 9.96. The summed E-state index contributed by atoms with van der Waals surface area (Å²) in [6.45, 7) is 4.00. The first-order valence-electron chi connectivity index (χ1n) is 8.23. The zero-order chi connectivity index (χ0) is 16.8. The minimum absolute atomic E-state index is 0.210. The van der Waals surface area contributed by atoms with E-state index in [1.54, 1.807) is 24.3 Å². The molecule has 1 unspecified atom stereocenters. The second kappa shape index (κ2) is 8.25. The Morgan fingerprint density at radius 3 is 2.48 bits per heavy atom. The number of carbonyl (C=O) groups excluding carboxylic acids is 2. The highest BCUT2D eigenvalue weighted by molar-refractivity contribution is 6.30. The van der Waals surface area contributed by atoms with E-state index in [-0.39, 0.29) is 17.7 Å². The van der Waals surface area contributed by atoms with Crippen LogP contribution in [0.2, 0.25) is 5.02 Å². The minimum Gasteiger partial charge on any atom is -0.272 e. The van der Waals surface area contributed by atoms with Gasteiger partial charge < -0.3 is 0 Å². The Labute approximate surface area is 142 Å². The van der Waals surface area contributed by atoms with Crippen molar-refractivity contribution >= 4 is 29.1 Å². The molecule has 1 atom stereocenters. The molecule has 124 valence electrons. The van der Waals surface area contributed by atoms with E-state index < -0.39 is 0 Å². The monoisotopic (exact) mass is 334 g/mol. The van der Waals surface area contributed by atoms with Crippen LogP contribution in [0.3, 0.4) is 0 Å². The van der Waals surface area contributed by atoms with Gasteiger partial charge in [0.15, 0.2) is 0 Å². The molecule has 0 bridgehead atoms. The Morgan fingerprint density at radius 1 is 1.17 bits per heavy atom. The van der Waals surface area contributed by atoms with E-state index >= 15 is 0 Å². The molecule has 5 heteroatoms. The number of imide groups is 1. The average molecular weight is 335 g/mol.